The Morgan fingerprint density at radius 1 is 1.37 bits per heavy atom. The number of nitro groups is 1. The Morgan fingerprint density at radius 2 is 2.07 bits per heavy atom. The normalized spacial score (nSPS) is 16.7. The minimum absolute atomic E-state index is 0.0859. The van der Waals surface area contributed by atoms with Crippen molar-refractivity contribution in [2.45, 2.75) is 32.8 Å². The number of amides is 1. The van der Waals surface area contributed by atoms with E-state index in [1.165, 1.54) is 25.3 Å². The maximum Gasteiger partial charge on any atom is 0.410 e. The van der Waals surface area contributed by atoms with E-state index in [9.17, 15) is 19.7 Å². The Morgan fingerprint density at radius 3 is 2.67 bits per heavy atom. The Bertz CT molecular complexity index is 728. The third-order valence-electron chi connectivity index (χ3n) is 4.15. The molecule has 1 aliphatic heterocycles. The van der Waals surface area contributed by atoms with E-state index < -0.39 is 16.5 Å². The first kappa shape index (κ1) is 20.5. The van der Waals surface area contributed by atoms with Gasteiger partial charge in [-0.1, -0.05) is 6.07 Å². The number of hydrogen-bond donors (Lipinski definition) is 1. The summed E-state index contributed by atoms with van der Waals surface area (Å²) in [5.41, 5.74) is -0.522. The predicted octanol–water partition coefficient (Wildman–Crippen LogP) is 3.05. The van der Waals surface area contributed by atoms with E-state index in [0.29, 0.717) is 19.6 Å². The van der Waals surface area contributed by atoms with Crippen LogP contribution in [-0.2, 0) is 9.47 Å². The maximum absolute atomic E-state index is 12.1. The fourth-order valence-electron chi connectivity index (χ4n) is 2.90. The third kappa shape index (κ3) is 5.32. The van der Waals surface area contributed by atoms with Crippen LogP contribution >= 0.6 is 0 Å². The molecule has 2 rings (SSSR count). The number of carbonyl (C=O) groups is 2. The fraction of sp³-hybridized carbons (Fsp3) is 0.556. The van der Waals surface area contributed by atoms with Crippen molar-refractivity contribution < 1.29 is 24.0 Å². The number of nitrogens with zero attached hydrogens (tertiary/aromatic N) is 2. The number of rotatable bonds is 5. The van der Waals surface area contributed by atoms with Gasteiger partial charge in [0.2, 0.25) is 0 Å². The zero-order valence-electron chi connectivity index (χ0n) is 16.0. The molecular formula is C18H25N3O6. The standard InChI is InChI=1S/C18H25N3O6/c1-18(2,3)27-17(23)20-9-8-12(11-20)10-19-15-13(16(22)26-4)6-5-7-14(15)21(24)25/h5-7,12,19H,8-11H2,1-4H3. The molecule has 0 spiro atoms. The van der Waals surface area contributed by atoms with Crippen LogP contribution in [0.4, 0.5) is 16.2 Å². The van der Waals surface area contributed by atoms with Gasteiger partial charge in [0.1, 0.15) is 11.3 Å². The van der Waals surface area contributed by atoms with Crippen LogP contribution in [0.1, 0.15) is 37.6 Å². The molecule has 1 heterocycles. The maximum atomic E-state index is 12.1. The molecule has 1 aliphatic rings. The van der Waals surface area contributed by atoms with Gasteiger partial charge in [0.15, 0.2) is 0 Å². The van der Waals surface area contributed by atoms with Crippen LogP contribution in [0, 0.1) is 16.0 Å². The average Bonchev–Trinajstić information content (AvgIpc) is 3.06. The summed E-state index contributed by atoms with van der Waals surface area (Å²) in [4.78, 5) is 36.4. The van der Waals surface area contributed by atoms with Gasteiger partial charge < -0.3 is 19.7 Å². The molecule has 0 aromatic heterocycles. The van der Waals surface area contributed by atoms with Gasteiger partial charge in [-0.15, -0.1) is 0 Å². The zero-order valence-corrected chi connectivity index (χ0v) is 16.0. The first-order valence-corrected chi connectivity index (χ1v) is 8.70. The van der Waals surface area contributed by atoms with Crippen LogP contribution < -0.4 is 5.32 Å². The monoisotopic (exact) mass is 379 g/mol. The summed E-state index contributed by atoms with van der Waals surface area (Å²) in [6.07, 6.45) is 0.367. The predicted molar refractivity (Wildman–Crippen MR) is 98.8 cm³/mol. The summed E-state index contributed by atoms with van der Waals surface area (Å²) in [5.74, 6) is -0.564. The zero-order chi connectivity index (χ0) is 20.2. The molecule has 1 N–H and O–H groups in total. The van der Waals surface area contributed by atoms with Gasteiger partial charge in [0, 0.05) is 25.7 Å². The molecule has 0 radical (unpaired) electrons. The molecule has 27 heavy (non-hydrogen) atoms. The fourth-order valence-corrected chi connectivity index (χ4v) is 2.90. The second kappa shape index (κ2) is 8.24. The minimum Gasteiger partial charge on any atom is -0.465 e. The van der Waals surface area contributed by atoms with Gasteiger partial charge in [-0.3, -0.25) is 10.1 Å². The van der Waals surface area contributed by atoms with Gasteiger partial charge in [-0.2, -0.15) is 0 Å². The van der Waals surface area contributed by atoms with Crippen LogP contribution in [0.2, 0.25) is 0 Å². The lowest BCUT2D eigenvalue weighted by molar-refractivity contribution is -0.384. The molecule has 9 heteroatoms. The molecule has 1 fully saturated rings. The third-order valence-corrected chi connectivity index (χ3v) is 4.15. The van der Waals surface area contributed by atoms with Crippen molar-refractivity contribution in [3.63, 3.8) is 0 Å². The van der Waals surface area contributed by atoms with Gasteiger partial charge >= 0.3 is 12.1 Å². The lowest BCUT2D eigenvalue weighted by Gasteiger charge is -2.24. The van der Waals surface area contributed by atoms with E-state index in [1.54, 1.807) is 4.90 Å². The van der Waals surface area contributed by atoms with E-state index in [0.717, 1.165) is 6.42 Å². The highest BCUT2D eigenvalue weighted by Crippen LogP contribution is 2.30. The Hall–Kier alpha value is -2.84. The van der Waals surface area contributed by atoms with Crippen molar-refractivity contribution in [3.8, 4) is 0 Å². The molecule has 9 nitrogen and oxygen atoms in total. The summed E-state index contributed by atoms with van der Waals surface area (Å²) >= 11 is 0. The summed E-state index contributed by atoms with van der Waals surface area (Å²) in [7, 11) is 1.22. The van der Waals surface area contributed by atoms with E-state index in [2.05, 4.69) is 5.32 Å². The molecule has 1 unspecified atom stereocenters. The Balaban J connectivity index is 2.06. The second-order valence-electron chi connectivity index (χ2n) is 7.41. The molecule has 0 bridgehead atoms. The molecule has 148 valence electrons. The molecule has 0 saturated carbocycles. The highest BCUT2D eigenvalue weighted by molar-refractivity contribution is 5.98. The molecule has 1 amide bonds. The van der Waals surface area contributed by atoms with E-state index in [4.69, 9.17) is 9.47 Å². The van der Waals surface area contributed by atoms with E-state index >= 15 is 0 Å². The molecule has 1 saturated heterocycles. The second-order valence-corrected chi connectivity index (χ2v) is 7.41. The van der Waals surface area contributed by atoms with Crippen LogP contribution in [0.3, 0.4) is 0 Å². The molecular weight excluding hydrogens is 354 g/mol. The van der Waals surface area contributed by atoms with Gasteiger partial charge in [-0.05, 0) is 39.2 Å². The number of esters is 1. The van der Waals surface area contributed by atoms with E-state index in [1.807, 2.05) is 20.8 Å². The van der Waals surface area contributed by atoms with Gasteiger partial charge in [0.25, 0.3) is 5.69 Å². The molecule has 0 aliphatic carbocycles. The van der Waals surface area contributed by atoms with Crippen LogP contribution in [0.25, 0.3) is 0 Å². The molecule has 1 aromatic rings. The number of benzene rings is 1. The Kier molecular flexibility index (Phi) is 6.24. The topological polar surface area (TPSA) is 111 Å². The number of anilines is 1. The number of nitro benzene ring substituents is 1. The quantitative estimate of drug-likeness (QED) is 0.475. The first-order valence-electron chi connectivity index (χ1n) is 8.70. The summed E-state index contributed by atoms with van der Waals surface area (Å²) in [6.45, 7) is 6.85. The minimum atomic E-state index is -0.650. The summed E-state index contributed by atoms with van der Waals surface area (Å²) in [6, 6.07) is 4.24. The summed E-state index contributed by atoms with van der Waals surface area (Å²) in [5, 5.41) is 14.3. The van der Waals surface area contributed by atoms with Crippen molar-refractivity contribution in [1.29, 1.82) is 0 Å². The molecule has 1 aromatic carbocycles. The number of methoxy groups -OCH3 is 1. The molecule has 1 atom stereocenters. The first-order chi connectivity index (χ1) is 12.6. The number of ether oxygens (including phenoxy) is 2. The van der Waals surface area contributed by atoms with Crippen molar-refractivity contribution in [2.75, 3.05) is 32.1 Å². The van der Waals surface area contributed by atoms with Crippen LogP contribution in [0.15, 0.2) is 18.2 Å². The number of hydrogen-bond acceptors (Lipinski definition) is 7. The lowest BCUT2D eigenvalue weighted by Crippen LogP contribution is -2.35. The smallest absolute Gasteiger partial charge is 0.410 e. The largest absolute Gasteiger partial charge is 0.465 e. The number of likely N-dealkylation sites (tertiary alicyclic amines) is 1. The number of nitrogens with one attached hydrogen (secondary N) is 1. The lowest BCUT2D eigenvalue weighted by atomic mass is 10.1. The number of carbonyl (C=O) groups excluding carboxylic acids is 2. The highest BCUT2D eigenvalue weighted by Gasteiger charge is 2.30. The summed E-state index contributed by atoms with van der Waals surface area (Å²) < 4.78 is 10.1. The van der Waals surface area contributed by atoms with Crippen molar-refractivity contribution in [1.82, 2.24) is 4.90 Å². The Labute approximate surface area is 157 Å². The van der Waals surface area contributed by atoms with Crippen molar-refractivity contribution >= 4 is 23.4 Å². The van der Waals surface area contributed by atoms with E-state index in [-0.39, 0.29) is 28.9 Å². The van der Waals surface area contributed by atoms with Gasteiger partial charge in [-0.25, -0.2) is 9.59 Å². The SMILES string of the molecule is COC(=O)c1cccc([N+](=O)[O-])c1NCC1CCN(C(=O)OC(C)(C)C)C1. The van der Waals surface area contributed by atoms with Crippen molar-refractivity contribution in [3.05, 3.63) is 33.9 Å². The number of para-hydroxylation sites is 1. The highest BCUT2D eigenvalue weighted by atomic mass is 16.6. The van der Waals surface area contributed by atoms with Gasteiger partial charge in [0.05, 0.1) is 17.6 Å². The average molecular weight is 379 g/mol. The van der Waals surface area contributed by atoms with Crippen LogP contribution in [0.5, 0.6) is 0 Å². The van der Waals surface area contributed by atoms with Crippen LogP contribution in [-0.4, -0.2) is 54.2 Å². The van der Waals surface area contributed by atoms with Crippen molar-refractivity contribution in [2.24, 2.45) is 5.92 Å².